The van der Waals surface area contributed by atoms with Crippen LogP contribution in [0.25, 0.3) is 0 Å². The summed E-state index contributed by atoms with van der Waals surface area (Å²) >= 11 is 0. The van der Waals surface area contributed by atoms with Gasteiger partial charge >= 0.3 is 5.97 Å². The van der Waals surface area contributed by atoms with Gasteiger partial charge < -0.3 is 42.7 Å². The van der Waals surface area contributed by atoms with E-state index in [1.807, 2.05) is 0 Å². The van der Waals surface area contributed by atoms with Gasteiger partial charge in [0.05, 0.1) is 12.7 Å². The number of unbranched alkanes of at least 4 members (excludes halogenated alkanes) is 1. The Morgan fingerprint density at radius 2 is 1.56 bits per heavy atom. The molecular formula is C22H35N5O7. The SMILES string of the molecule is CC(O)C(NC(=O)C(Cc1ccccc1)NC(=O)C(N)CO)C(=O)NC(CCCCN)C(=O)O. The van der Waals surface area contributed by atoms with Crippen molar-refractivity contribution in [3.63, 3.8) is 0 Å². The maximum Gasteiger partial charge on any atom is 0.326 e. The Bertz CT molecular complexity index is 806. The Balaban J connectivity index is 2.99. The summed E-state index contributed by atoms with van der Waals surface area (Å²) in [6.07, 6.45) is -0.148. The molecule has 0 aliphatic carbocycles. The Morgan fingerprint density at radius 1 is 0.941 bits per heavy atom. The van der Waals surface area contributed by atoms with Gasteiger partial charge in [-0.25, -0.2) is 4.79 Å². The van der Waals surface area contributed by atoms with Crippen molar-refractivity contribution in [3.05, 3.63) is 35.9 Å². The van der Waals surface area contributed by atoms with Crippen molar-refractivity contribution in [2.45, 2.75) is 62.9 Å². The Morgan fingerprint density at radius 3 is 2.09 bits per heavy atom. The van der Waals surface area contributed by atoms with Crippen LogP contribution in [-0.4, -0.2) is 82.4 Å². The number of aliphatic carboxylic acids is 1. The minimum Gasteiger partial charge on any atom is -0.480 e. The number of carbonyl (C=O) groups is 4. The molecule has 1 aromatic rings. The van der Waals surface area contributed by atoms with Crippen molar-refractivity contribution < 1.29 is 34.5 Å². The monoisotopic (exact) mass is 481 g/mol. The number of aliphatic hydroxyl groups is 2. The highest BCUT2D eigenvalue weighted by molar-refractivity contribution is 5.94. The van der Waals surface area contributed by atoms with E-state index >= 15 is 0 Å². The molecule has 0 aliphatic rings. The topological polar surface area (TPSA) is 217 Å². The lowest BCUT2D eigenvalue weighted by Crippen LogP contribution is -2.60. The van der Waals surface area contributed by atoms with E-state index in [2.05, 4.69) is 16.0 Å². The maximum atomic E-state index is 13.0. The zero-order valence-corrected chi connectivity index (χ0v) is 19.1. The van der Waals surface area contributed by atoms with E-state index < -0.39 is 60.6 Å². The maximum absolute atomic E-state index is 13.0. The molecule has 1 rings (SSSR count). The van der Waals surface area contributed by atoms with E-state index in [0.29, 0.717) is 24.9 Å². The average Bonchev–Trinajstić information content (AvgIpc) is 2.80. The van der Waals surface area contributed by atoms with Gasteiger partial charge in [0.2, 0.25) is 17.7 Å². The summed E-state index contributed by atoms with van der Waals surface area (Å²) in [5.41, 5.74) is 11.6. The van der Waals surface area contributed by atoms with Crippen LogP contribution < -0.4 is 27.4 Å². The van der Waals surface area contributed by atoms with Gasteiger partial charge in [0.25, 0.3) is 0 Å². The molecule has 12 nitrogen and oxygen atoms in total. The number of carbonyl (C=O) groups excluding carboxylic acids is 3. The first-order chi connectivity index (χ1) is 16.1. The van der Waals surface area contributed by atoms with Gasteiger partial charge in [0, 0.05) is 6.42 Å². The fraction of sp³-hybridized carbons (Fsp3) is 0.545. The molecule has 5 unspecified atom stereocenters. The second kappa shape index (κ2) is 15.0. The third kappa shape index (κ3) is 9.83. The summed E-state index contributed by atoms with van der Waals surface area (Å²) in [5.74, 6) is -3.71. The minimum absolute atomic E-state index is 0.0432. The number of carboxylic acid groups (broad SMARTS) is 1. The lowest BCUT2D eigenvalue weighted by molar-refractivity contribution is -0.143. The minimum atomic E-state index is -1.48. The van der Waals surface area contributed by atoms with Gasteiger partial charge in [0.1, 0.15) is 24.2 Å². The number of hydrogen-bond acceptors (Lipinski definition) is 8. The predicted molar refractivity (Wildman–Crippen MR) is 123 cm³/mol. The number of carboxylic acids is 1. The molecule has 12 heteroatoms. The third-order valence-electron chi connectivity index (χ3n) is 5.07. The molecule has 0 spiro atoms. The summed E-state index contributed by atoms with van der Waals surface area (Å²) in [4.78, 5) is 49.4. The van der Waals surface area contributed by atoms with Gasteiger partial charge in [0.15, 0.2) is 0 Å². The molecule has 0 saturated heterocycles. The molecule has 1 aromatic carbocycles. The molecule has 190 valence electrons. The molecule has 0 bridgehead atoms. The second-order valence-electron chi connectivity index (χ2n) is 7.95. The molecule has 0 aliphatic heterocycles. The van der Waals surface area contributed by atoms with E-state index in [-0.39, 0.29) is 12.8 Å². The highest BCUT2D eigenvalue weighted by Crippen LogP contribution is 2.07. The van der Waals surface area contributed by atoms with Crippen molar-refractivity contribution in [1.82, 2.24) is 16.0 Å². The van der Waals surface area contributed by atoms with Crippen LogP contribution in [-0.2, 0) is 25.6 Å². The van der Waals surface area contributed by atoms with Crippen molar-refractivity contribution in [3.8, 4) is 0 Å². The van der Waals surface area contributed by atoms with Crippen LogP contribution >= 0.6 is 0 Å². The third-order valence-corrected chi connectivity index (χ3v) is 5.07. The Kier molecular flexibility index (Phi) is 12.7. The molecule has 0 fully saturated rings. The number of hydrogen-bond donors (Lipinski definition) is 8. The summed E-state index contributed by atoms with van der Waals surface area (Å²) in [6.45, 7) is 1.01. The molecule has 0 aromatic heterocycles. The molecule has 0 saturated carbocycles. The van der Waals surface area contributed by atoms with Crippen molar-refractivity contribution in [2.75, 3.05) is 13.2 Å². The predicted octanol–water partition coefficient (Wildman–Crippen LogP) is -2.40. The fourth-order valence-electron chi connectivity index (χ4n) is 3.09. The number of aliphatic hydroxyl groups excluding tert-OH is 2. The van der Waals surface area contributed by atoms with Crippen LogP contribution in [0.1, 0.15) is 31.7 Å². The van der Waals surface area contributed by atoms with E-state index in [1.165, 1.54) is 6.92 Å². The van der Waals surface area contributed by atoms with Gasteiger partial charge in [-0.05, 0) is 38.3 Å². The van der Waals surface area contributed by atoms with Crippen LogP contribution in [0.4, 0.5) is 0 Å². The first kappa shape index (κ1) is 29.0. The second-order valence-corrected chi connectivity index (χ2v) is 7.95. The molecule has 10 N–H and O–H groups in total. The summed E-state index contributed by atoms with van der Waals surface area (Å²) in [7, 11) is 0. The molecule has 0 heterocycles. The van der Waals surface area contributed by atoms with Gasteiger partial charge in [-0.3, -0.25) is 14.4 Å². The number of benzene rings is 1. The van der Waals surface area contributed by atoms with Crippen LogP contribution in [0.5, 0.6) is 0 Å². The number of amides is 3. The zero-order valence-electron chi connectivity index (χ0n) is 19.1. The largest absolute Gasteiger partial charge is 0.480 e. The summed E-state index contributed by atoms with van der Waals surface area (Å²) in [5, 5.41) is 35.7. The number of rotatable bonds is 15. The Labute approximate surface area is 198 Å². The summed E-state index contributed by atoms with van der Waals surface area (Å²) < 4.78 is 0. The van der Waals surface area contributed by atoms with Gasteiger partial charge in [-0.15, -0.1) is 0 Å². The Hall–Kier alpha value is -3.06. The normalized spacial score (nSPS) is 15.3. The van der Waals surface area contributed by atoms with Crippen molar-refractivity contribution >= 4 is 23.7 Å². The van der Waals surface area contributed by atoms with Crippen molar-refractivity contribution in [1.29, 1.82) is 0 Å². The first-order valence-corrected chi connectivity index (χ1v) is 11.0. The standard InChI is InChI=1S/C22H35N5O7/c1-13(29)18(21(32)25-16(22(33)34)9-5-6-10-23)27-20(31)17(26-19(30)15(24)12-28)11-14-7-3-2-4-8-14/h2-4,7-8,13,15-18,28-29H,5-6,9-12,23-24H2,1H3,(H,25,32)(H,26,30)(H,27,31)(H,33,34). The lowest BCUT2D eigenvalue weighted by Gasteiger charge is -2.26. The van der Waals surface area contributed by atoms with Gasteiger partial charge in [-0.1, -0.05) is 30.3 Å². The smallest absolute Gasteiger partial charge is 0.326 e. The summed E-state index contributed by atoms with van der Waals surface area (Å²) in [6, 6.07) is 3.59. The molecule has 3 amide bonds. The van der Waals surface area contributed by atoms with Crippen molar-refractivity contribution in [2.24, 2.45) is 11.5 Å². The van der Waals surface area contributed by atoms with E-state index in [4.69, 9.17) is 16.6 Å². The number of nitrogens with two attached hydrogens (primary N) is 2. The van der Waals surface area contributed by atoms with Crippen LogP contribution in [0, 0.1) is 0 Å². The van der Waals surface area contributed by atoms with Gasteiger partial charge in [-0.2, -0.15) is 0 Å². The average molecular weight is 482 g/mol. The zero-order chi connectivity index (χ0) is 25.7. The number of nitrogens with one attached hydrogen (secondary N) is 3. The molecule has 34 heavy (non-hydrogen) atoms. The lowest BCUT2D eigenvalue weighted by atomic mass is 10.0. The van der Waals surface area contributed by atoms with E-state index in [9.17, 15) is 29.4 Å². The van der Waals surface area contributed by atoms with Crippen LogP contribution in [0.3, 0.4) is 0 Å². The van der Waals surface area contributed by atoms with Crippen LogP contribution in [0.2, 0.25) is 0 Å². The molecule has 5 atom stereocenters. The van der Waals surface area contributed by atoms with E-state index in [1.54, 1.807) is 30.3 Å². The molecule has 0 radical (unpaired) electrons. The highest BCUT2D eigenvalue weighted by atomic mass is 16.4. The molecular weight excluding hydrogens is 446 g/mol. The van der Waals surface area contributed by atoms with E-state index in [0.717, 1.165) is 0 Å². The first-order valence-electron chi connectivity index (χ1n) is 11.0. The quantitative estimate of drug-likeness (QED) is 0.125. The van der Waals surface area contributed by atoms with Crippen LogP contribution in [0.15, 0.2) is 30.3 Å². The highest BCUT2D eigenvalue weighted by Gasteiger charge is 2.32. The fourth-order valence-corrected chi connectivity index (χ4v) is 3.09.